The van der Waals surface area contributed by atoms with Gasteiger partial charge in [0.25, 0.3) is 5.91 Å². The molecule has 0 saturated heterocycles. The van der Waals surface area contributed by atoms with E-state index in [1.807, 2.05) is 24.3 Å². The highest BCUT2D eigenvalue weighted by Gasteiger charge is 2.29. The van der Waals surface area contributed by atoms with Crippen LogP contribution in [-0.2, 0) is 4.79 Å². The van der Waals surface area contributed by atoms with Crippen molar-refractivity contribution in [2.24, 2.45) is 5.73 Å². The fourth-order valence-corrected chi connectivity index (χ4v) is 2.24. The maximum absolute atomic E-state index is 12.6. The second kappa shape index (κ2) is 5.85. The van der Waals surface area contributed by atoms with Crippen molar-refractivity contribution in [3.8, 4) is 5.75 Å². The lowest BCUT2D eigenvalue weighted by Gasteiger charge is -2.30. The molecule has 1 aliphatic heterocycles. The Hall–Kier alpha value is -2.53. The molecule has 0 radical (unpaired) electrons. The highest BCUT2D eigenvalue weighted by molar-refractivity contribution is 6.09. The van der Waals surface area contributed by atoms with E-state index in [1.165, 1.54) is 0 Å². The summed E-state index contributed by atoms with van der Waals surface area (Å²) in [5, 5.41) is 0. The van der Waals surface area contributed by atoms with Gasteiger partial charge in [0.15, 0.2) is 11.5 Å². The van der Waals surface area contributed by atoms with Gasteiger partial charge in [-0.15, -0.1) is 0 Å². The number of rotatable bonds is 4. The summed E-state index contributed by atoms with van der Waals surface area (Å²) >= 11 is 0. The van der Waals surface area contributed by atoms with Crippen molar-refractivity contribution < 1.29 is 13.9 Å². The molecule has 1 aromatic heterocycles. The molecule has 0 bridgehead atoms. The van der Waals surface area contributed by atoms with Crippen molar-refractivity contribution in [3.63, 3.8) is 0 Å². The van der Waals surface area contributed by atoms with E-state index in [4.69, 9.17) is 14.9 Å². The first-order chi connectivity index (χ1) is 10.3. The fourth-order valence-electron chi connectivity index (χ4n) is 2.24. The van der Waals surface area contributed by atoms with Crippen LogP contribution in [0.1, 0.15) is 12.2 Å². The van der Waals surface area contributed by atoms with E-state index in [-0.39, 0.29) is 11.7 Å². The number of hydrogen-bond donors (Lipinski definition) is 1. The molecule has 2 N–H and O–H groups in total. The molecule has 1 amide bonds. The lowest BCUT2D eigenvalue weighted by atomic mass is 10.2. The number of para-hydroxylation sites is 2. The molecule has 0 unspecified atom stereocenters. The Morgan fingerprint density at radius 1 is 1.19 bits per heavy atom. The van der Waals surface area contributed by atoms with Gasteiger partial charge in [0.1, 0.15) is 5.76 Å². The van der Waals surface area contributed by atoms with Gasteiger partial charge in [-0.3, -0.25) is 4.79 Å². The third-order valence-electron chi connectivity index (χ3n) is 3.23. The van der Waals surface area contributed by atoms with E-state index < -0.39 is 0 Å². The zero-order valence-corrected chi connectivity index (χ0v) is 11.5. The van der Waals surface area contributed by atoms with Gasteiger partial charge in [-0.05, 0) is 37.2 Å². The predicted molar refractivity (Wildman–Crippen MR) is 79.8 cm³/mol. The monoisotopic (exact) mass is 284 g/mol. The van der Waals surface area contributed by atoms with Gasteiger partial charge in [0.05, 0.1) is 12.0 Å². The number of fused-ring (bicyclic) bond motifs is 1. The Bertz CT molecular complexity index is 662. The van der Waals surface area contributed by atoms with Crippen molar-refractivity contribution in [3.05, 3.63) is 54.2 Å². The Morgan fingerprint density at radius 2 is 2.05 bits per heavy atom. The Labute approximate surface area is 122 Å². The second-order valence-electron chi connectivity index (χ2n) is 4.69. The topological polar surface area (TPSA) is 68.7 Å². The van der Waals surface area contributed by atoms with Crippen LogP contribution in [0.3, 0.4) is 0 Å². The van der Waals surface area contributed by atoms with Crippen LogP contribution in [0, 0.1) is 0 Å². The maximum atomic E-state index is 12.6. The lowest BCUT2D eigenvalue weighted by Crippen LogP contribution is -2.38. The summed E-state index contributed by atoms with van der Waals surface area (Å²) in [4.78, 5) is 14.3. The number of benzene rings is 1. The van der Waals surface area contributed by atoms with Crippen molar-refractivity contribution in [1.82, 2.24) is 0 Å². The van der Waals surface area contributed by atoms with Crippen LogP contribution in [-0.4, -0.2) is 19.0 Å². The van der Waals surface area contributed by atoms with Crippen LogP contribution < -0.4 is 15.4 Å². The standard InChI is InChI=1S/C16H16N2O3/c17-8-4-9-18-13-6-1-2-7-14(13)21-15(16(18)19)11-12-5-3-10-20-12/h1-3,5-7,10-11H,4,8-9,17H2/b15-11+. The average molecular weight is 284 g/mol. The van der Waals surface area contributed by atoms with E-state index in [1.54, 1.807) is 29.4 Å². The molecule has 0 fully saturated rings. The van der Waals surface area contributed by atoms with E-state index in [9.17, 15) is 4.79 Å². The van der Waals surface area contributed by atoms with Crippen molar-refractivity contribution in [2.75, 3.05) is 18.0 Å². The molecule has 108 valence electrons. The van der Waals surface area contributed by atoms with E-state index >= 15 is 0 Å². The lowest BCUT2D eigenvalue weighted by molar-refractivity contribution is -0.117. The Morgan fingerprint density at radius 3 is 2.81 bits per heavy atom. The molecule has 1 aromatic carbocycles. The number of carbonyl (C=O) groups excluding carboxylic acids is 1. The number of nitrogens with two attached hydrogens (primary N) is 1. The molecule has 0 atom stereocenters. The molecular weight excluding hydrogens is 268 g/mol. The van der Waals surface area contributed by atoms with Crippen molar-refractivity contribution in [1.29, 1.82) is 0 Å². The summed E-state index contributed by atoms with van der Waals surface area (Å²) in [5.74, 6) is 1.31. The number of furan rings is 1. The minimum atomic E-state index is -0.182. The van der Waals surface area contributed by atoms with Gasteiger partial charge in [-0.2, -0.15) is 0 Å². The zero-order valence-electron chi connectivity index (χ0n) is 11.5. The summed E-state index contributed by atoms with van der Waals surface area (Å²) < 4.78 is 10.9. The third-order valence-corrected chi connectivity index (χ3v) is 3.23. The van der Waals surface area contributed by atoms with Gasteiger partial charge >= 0.3 is 0 Å². The molecule has 1 aliphatic rings. The SMILES string of the molecule is NCCCN1C(=O)/C(=C\c2ccco2)Oc2ccccc21. The molecule has 3 rings (SSSR count). The summed E-state index contributed by atoms with van der Waals surface area (Å²) in [5.41, 5.74) is 6.33. The zero-order chi connectivity index (χ0) is 14.7. The van der Waals surface area contributed by atoms with Crippen LogP contribution in [0.2, 0.25) is 0 Å². The number of ether oxygens (including phenoxy) is 1. The van der Waals surface area contributed by atoms with Gasteiger partial charge < -0.3 is 19.8 Å². The molecule has 21 heavy (non-hydrogen) atoms. The van der Waals surface area contributed by atoms with E-state index in [0.717, 1.165) is 12.1 Å². The number of nitrogens with zero attached hydrogens (tertiary/aromatic N) is 1. The minimum Gasteiger partial charge on any atom is -0.465 e. The average Bonchev–Trinajstić information content (AvgIpc) is 3.00. The normalized spacial score (nSPS) is 16.0. The molecule has 0 saturated carbocycles. The summed E-state index contributed by atoms with van der Waals surface area (Å²) in [6.45, 7) is 1.09. The van der Waals surface area contributed by atoms with Crippen LogP contribution >= 0.6 is 0 Å². The van der Waals surface area contributed by atoms with Crippen molar-refractivity contribution >= 4 is 17.7 Å². The summed E-state index contributed by atoms with van der Waals surface area (Å²) in [7, 11) is 0. The van der Waals surface area contributed by atoms with Gasteiger partial charge in [-0.25, -0.2) is 0 Å². The number of carbonyl (C=O) groups is 1. The van der Waals surface area contributed by atoms with Gasteiger partial charge in [0, 0.05) is 12.6 Å². The largest absolute Gasteiger partial charge is 0.465 e. The fraction of sp³-hybridized carbons (Fsp3) is 0.188. The molecule has 2 aromatic rings. The Balaban J connectivity index is 1.98. The van der Waals surface area contributed by atoms with Gasteiger partial charge in [-0.1, -0.05) is 12.1 Å². The molecular formula is C16H16N2O3. The number of amides is 1. The maximum Gasteiger partial charge on any atom is 0.294 e. The first-order valence-corrected chi connectivity index (χ1v) is 6.83. The predicted octanol–water partition coefficient (Wildman–Crippen LogP) is 2.39. The van der Waals surface area contributed by atoms with E-state index in [2.05, 4.69) is 0 Å². The summed E-state index contributed by atoms with van der Waals surface area (Å²) in [6.07, 6.45) is 3.89. The quantitative estimate of drug-likeness (QED) is 0.875. The number of anilines is 1. The van der Waals surface area contributed by atoms with Crippen LogP contribution in [0.5, 0.6) is 5.75 Å². The van der Waals surface area contributed by atoms with Crippen LogP contribution in [0.15, 0.2) is 52.8 Å². The molecule has 5 nitrogen and oxygen atoms in total. The number of hydrogen-bond acceptors (Lipinski definition) is 4. The second-order valence-corrected chi connectivity index (χ2v) is 4.69. The molecule has 2 heterocycles. The van der Waals surface area contributed by atoms with Crippen LogP contribution in [0.4, 0.5) is 5.69 Å². The third kappa shape index (κ3) is 2.68. The van der Waals surface area contributed by atoms with Crippen molar-refractivity contribution in [2.45, 2.75) is 6.42 Å². The highest BCUT2D eigenvalue weighted by atomic mass is 16.5. The Kier molecular flexibility index (Phi) is 3.75. The van der Waals surface area contributed by atoms with E-state index in [0.29, 0.717) is 24.6 Å². The minimum absolute atomic E-state index is 0.182. The smallest absolute Gasteiger partial charge is 0.294 e. The molecule has 0 spiro atoms. The first kappa shape index (κ1) is 13.5. The highest BCUT2D eigenvalue weighted by Crippen LogP contribution is 2.35. The molecule has 0 aliphatic carbocycles. The summed E-state index contributed by atoms with van der Waals surface area (Å²) in [6, 6.07) is 11.0. The molecule has 5 heteroatoms. The first-order valence-electron chi connectivity index (χ1n) is 6.83. The van der Waals surface area contributed by atoms with Gasteiger partial charge in [0.2, 0.25) is 0 Å². The van der Waals surface area contributed by atoms with Crippen LogP contribution in [0.25, 0.3) is 6.08 Å².